The number of hydrogen-bond donors (Lipinski definition) is 2. The number of hydrogen-bond acceptors (Lipinski definition) is 2. The van der Waals surface area contributed by atoms with Gasteiger partial charge in [-0.15, -0.1) is 0 Å². The Balaban J connectivity index is 0. The van der Waals surface area contributed by atoms with Crippen LogP contribution in [0.3, 0.4) is 0 Å². The fourth-order valence-electron chi connectivity index (χ4n) is 2.94. The second kappa shape index (κ2) is 14.8. The number of halogens is 4. The van der Waals surface area contributed by atoms with Gasteiger partial charge < -0.3 is 106 Å². The van der Waals surface area contributed by atoms with E-state index in [1.807, 2.05) is 42.5 Å². The molecule has 0 radical (unpaired) electrons. The van der Waals surface area contributed by atoms with E-state index in [0.29, 0.717) is 0 Å². The van der Waals surface area contributed by atoms with E-state index in [-0.39, 0.29) is 135 Å². The zero-order chi connectivity index (χ0) is 15.9. The van der Waals surface area contributed by atoms with Gasteiger partial charge in [0.2, 0.25) is 0 Å². The molecule has 2 N–H and O–H groups in total. The van der Waals surface area contributed by atoms with Crippen molar-refractivity contribution in [2.75, 3.05) is 0 Å². The monoisotopic (exact) mass is 946 g/mol. The third-order valence-corrected chi connectivity index (χ3v) is 4.04. The van der Waals surface area contributed by atoms with Crippen molar-refractivity contribution in [3.8, 4) is 0 Å². The summed E-state index contributed by atoms with van der Waals surface area (Å²) < 4.78 is 0. The van der Waals surface area contributed by atoms with Crippen LogP contribution in [0.2, 0.25) is 0 Å². The number of aromatic nitrogens is 4. The van der Waals surface area contributed by atoms with Gasteiger partial charge >= 0.3 is 39.0 Å². The Bertz CT molecular complexity index is 1100. The Morgan fingerprint density at radius 3 is 1.10 bits per heavy atom. The molecule has 3 aromatic rings. The van der Waals surface area contributed by atoms with E-state index in [4.69, 9.17) is 0 Å². The second-order valence-corrected chi connectivity index (χ2v) is 5.91. The standard InChI is InChI=1S/C20H14N4.4HI.2Zn/c1-2-14-10-16-5-6-18(23-16)12-20-8-7-19(24-20)11-17-4-3-15(22-17)9-13(1)21-14;;;;;;/h1-12,21-22H;4*1H;;/q;;;;;2*+2/p-4. The van der Waals surface area contributed by atoms with Gasteiger partial charge in [-0.3, -0.25) is 0 Å². The van der Waals surface area contributed by atoms with E-state index < -0.39 is 0 Å². The molecule has 0 spiro atoms. The van der Waals surface area contributed by atoms with Gasteiger partial charge in [0.25, 0.3) is 0 Å². The van der Waals surface area contributed by atoms with E-state index in [9.17, 15) is 0 Å². The third-order valence-electron chi connectivity index (χ3n) is 4.04. The van der Waals surface area contributed by atoms with Crippen LogP contribution in [0, 0.1) is 0 Å². The van der Waals surface area contributed by atoms with Crippen molar-refractivity contribution >= 4 is 46.4 Å². The van der Waals surface area contributed by atoms with Gasteiger partial charge in [-0.2, -0.15) is 0 Å². The maximum absolute atomic E-state index is 4.62. The van der Waals surface area contributed by atoms with Gasteiger partial charge in [0, 0.05) is 22.1 Å². The second-order valence-electron chi connectivity index (χ2n) is 5.91. The summed E-state index contributed by atoms with van der Waals surface area (Å²) in [5, 5.41) is 0. The third kappa shape index (κ3) is 7.97. The number of nitrogens with zero attached hydrogens (tertiary/aromatic N) is 2. The molecule has 146 valence electrons. The first-order valence-electron chi connectivity index (χ1n) is 7.85. The number of H-pyrrole nitrogens is 2. The summed E-state index contributed by atoms with van der Waals surface area (Å²) in [6.45, 7) is 0. The van der Waals surface area contributed by atoms with E-state index in [1.165, 1.54) is 0 Å². The summed E-state index contributed by atoms with van der Waals surface area (Å²) in [5.74, 6) is 0. The van der Waals surface area contributed by atoms with Gasteiger partial charge in [-0.25, -0.2) is 9.97 Å². The molecule has 3 aromatic heterocycles. The van der Waals surface area contributed by atoms with E-state index in [1.54, 1.807) is 0 Å². The largest absolute Gasteiger partial charge is 2.00 e. The SMILES string of the molecule is C1=Cc2cc3ccc(cc4ccc(cc5nc(cc1n2)C=C5)[nH]4)[nH]3.[I-].[I-].[I-].[I-].[Zn+2].[Zn+2]. The van der Waals surface area contributed by atoms with Crippen LogP contribution >= 0.6 is 0 Å². The summed E-state index contributed by atoms with van der Waals surface area (Å²) in [6, 6.07) is 16.4. The zero-order valence-electron chi connectivity index (χ0n) is 15.7. The first kappa shape index (κ1) is 32.9. The van der Waals surface area contributed by atoms with Crippen molar-refractivity contribution in [1.82, 2.24) is 19.9 Å². The van der Waals surface area contributed by atoms with Crippen LogP contribution in [0.25, 0.3) is 46.4 Å². The topological polar surface area (TPSA) is 57.4 Å². The summed E-state index contributed by atoms with van der Waals surface area (Å²) in [7, 11) is 0. The molecule has 0 aliphatic carbocycles. The molecule has 0 aromatic carbocycles. The molecule has 0 amide bonds. The average Bonchev–Trinajstić information content (AvgIpc) is 3.32. The quantitative estimate of drug-likeness (QED) is 0.120. The fraction of sp³-hybridized carbons (Fsp3) is 0. The van der Waals surface area contributed by atoms with Crippen LogP contribution in [-0.4, -0.2) is 19.9 Å². The summed E-state index contributed by atoms with van der Waals surface area (Å²) >= 11 is 0. The van der Waals surface area contributed by atoms with Crippen molar-refractivity contribution in [3.63, 3.8) is 0 Å². The van der Waals surface area contributed by atoms with E-state index in [2.05, 4.69) is 50.3 Å². The van der Waals surface area contributed by atoms with E-state index >= 15 is 0 Å². The van der Waals surface area contributed by atoms with Gasteiger partial charge in [-0.1, -0.05) is 0 Å². The molecule has 0 saturated heterocycles. The molecule has 2 aliphatic rings. The van der Waals surface area contributed by atoms with Crippen molar-refractivity contribution in [2.45, 2.75) is 0 Å². The molecule has 5 rings (SSSR count). The molecule has 4 nitrogen and oxygen atoms in total. The molecular weight excluding hydrogens is 935 g/mol. The van der Waals surface area contributed by atoms with Crippen LogP contribution < -0.4 is 95.9 Å². The molecule has 0 fully saturated rings. The number of fused-ring (bicyclic) bond motifs is 8. The van der Waals surface area contributed by atoms with Gasteiger partial charge in [-0.05, 0) is 72.8 Å². The maximum Gasteiger partial charge on any atom is 2.00 e. The Morgan fingerprint density at radius 2 is 0.733 bits per heavy atom. The predicted molar refractivity (Wildman–Crippen MR) is 98.9 cm³/mol. The molecule has 30 heavy (non-hydrogen) atoms. The summed E-state index contributed by atoms with van der Waals surface area (Å²) in [6.07, 6.45) is 8.05. The first-order chi connectivity index (χ1) is 11.8. The zero-order valence-corrected chi connectivity index (χ0v) is 30.3. The molecular formula is C20H14I4N4Zn2. The molecule has 8 bridgehead atoms. The van der Waals surface area contributed by atoms with Crippen LogP contribution in [-0.2, 0) is 39.0 Å². The van der Waals surface area contributed by atoms with Gasteiger partial charge in [0.1, 0.15) is 0 Å². The van der Waals surface area contributed by atoms with Crippen molar-refractivity contribution in [2.24, 2.45) is 0 Å². The Kier molecular flexibility index (Phi) is 16.3. The molecule has 10 heteroatoms. The van der Waals surface area contributed by atoms with Crippen molar-refractivity contribution in [3.05, 3.63) is 71.3 Å². The van der Waals surface area contributed by atoms with Crippen LogP contribution in [0.4, 0.5) is 0 Å². The Labute approximate surface area is 268 Å². The minimum Gasteiger partial charge on any atom is -1.00 e. The molecule has 5 heterocycles. The maximum atomic E-state index is 4.62. The average molecular weight is 949 g/mol. The number of rotatable bonds is 0. The smallest absolute Gasteiger partial charge is 1.00 e. The number of aromatic amines is 2. The minimum atomic E-state index is 0. The summed E-state index contributed by atoms with van der Waals surface area (Å²) in [4.78, 5) is 16.0. The predicted octanol–water partition coefficient (Wildman–Crippen LogP) is -7.33. The van der Waals surface area contributed by atoms with Crippen molar-refractivity contribution in [1.29, 1.82) is 0 Å². The fourth-order valence-corrected chi connectivity index (χ4v) is 2.94. The van der Waals surface area contributed by atoms with Crippen LogP contribution in [0.15, 0.2) is 48.5 Å². The van der Waals surface area contributed by atoms with Crippen LogP contribution in [0.5, 0.6) is 0 Å². The van der Waals surface area contributed by atoms with Crippen molar-refractivity contribution < 1.29 is 135 Å². The van der Waals surface area contributed by atoms with Crippen LogP contribution in [0.1, 0.15) is 22.8 Å². The first-order valence-corrected chi connectivity index (χ1v) is 7.85. The molecule has 0 saturated carbocycles. The minimum absolute atomic E-state index is 0. The Hall–Kier alpha value is 0.767. The van der Waals surface area contributed by atoms with Gasteiger partial charge in [0.15, 0.2) is 0 Å². The molecule has 0 atom stereocenters. The van der Waals surface area contributed by atoms with E-state index in [0.717, 1.165) is 44.8 Å². The van der Waals surface area contributed by atoms with Gasteiger partial charge in [0.05, 0.1) is 22.8 Å². The Morgan fingerprint density at radius 1 is 0.433 bits per heavy atom. The molecule has 0 unspecified atom stereocenters. The number of nitrogens with one attached hydrogen (secondary N) is 2. The molecule has 2 aliphatic heterocycles. The summed E-state index contributed by atoms with van der Waals surface area (Å²) in [5.41, 5.74) is 7.86. The normalized spacial score (nSPS) is 10.1.